The first-order valence-electron chi connectivity index (χ1n) is 22.6. The summed E-state index contributed by atoms with van der Waals surface area (Å²) >= 11 is 0. The van der Waals surface area contributed by atoms with Gasteiger partial charge in [-0.05, 0) is 64.2 Å². The third-order valence-electron chi connectivity index (χ3n) is 10.6. The number of hydrogen-bond donors (Lipinski definition) is 4. The van der Waals surface area contributed by atoms with E-state index in [2.05, 4.69) is 17.1 Å². The molecule has 0 spiro atoms. The number of nitrogens with two attached hydrogens (primary N) is 2. The Morgan fingerprint density at radius 2 is 0.930 bits per heavy atom. The minimum absolute atomic E-state index is 0.0142. The smallest absolute Gasteiger partial charge is 0.346 e. The van der Waals surface area contributed by atoms with E-state index in [1.807, 2.05) is 164 Å². The fourth-order valence-corrected chi connectivity index (χ4v) is 7.04. The summed E-state index contributed by atoms with van der Waals surface area (Å²) in [6.45, 7) is 1.17. The van der Waals surface area contributed by atoms with Crippen molar-refractivity contribution in [3.8, 4) is 0 Å². The monoisotopic (exact) mass is 943 g/mol. The van der Waals surface area contributed by atoms with E-state index in [-0.39, 0.29) is 23.2 Å². The third kappa shape index (κ3) is 16.2. The highest BCUT2D eigenvalue weighted by Crippen LogP contribution is 2.15. The fourth-order valence-electron chi connectivity index (χ4n) is 7.04. The molecule has 10 aromatic rings. The quantitative estimate of drug-likeness (QED) is 0.0950. The molecule has 0 bridgehead atoms. The summed E-state index contributed by atoms with van der Waals surface area (Å²) in [7, 11) is 0. The molecule has 0 atom stereocenters. The van der Waals surface area contributed by atoms with Gasteiger partial charge in [-0.15, -0.1) is 0 Å². The van der Waals surface area contributed by atoms with E-state index >= 15 is 0 Å². The number of benzene rings is 8. The molecular weight excluding hydrogens is 891 g/mol. The minimum atomic E-state index is -0.988. The normalized spacial score (nSPS) is 10.2. The number of aliphatic carboxylic acids is 1. The van der Waals surface area contributed by atoms with Gasteiger partial charge < -0.3 is 26.1 Å². The lowest BCUT2D eigenvalue weighted by atomic mass is 10.1. The van der Waals surface area contributed by atoms with Gasteiger partial charge in [-0.3, -0.25) is 14.2 Å². The highest BCUT2D eigenvalue weighted by atomic mass is 16.4. The molecule has 0 fully saturated rings. The van der Waals surface area contributed by atoms with Crippen LogP contribution in [-0.4, -0.2) is 36.7 Å². The number of rotatable bonds is 10. The van der Waals surface area contributed by atoms with Gasteiger partial charge in [0, 0.05) is 25.1 Å². The van der Waals surface area contributed by atoms with Gasteiger partial charge in [-0.25, -0.2) is 19.6 Å². The molecule has 71 heavy (non-hydrogen) atoms. The van der Waals surface area contributed by atoms with Crippen LogP contribution in [0.3, 0.4) is 0 Å². The fraction of sp³-hybridized carbons (Fsp3) is 0.0847. The van der Waals surface area contributed by atoms with E-state index in [9.17, 15) is 19.2 Å². The van der Waals surface area contributed by atoms with Crippen molar-refractivity contribution >= 4 is 39.4 Å². The second-order valence-corrected chi connectivity index (χ2v) is 15.8. The number of fused-ring (bicyclic) bond motifs is 2. The van der Waals surface area contributed by atoms with Crippen LogP contribution in [0.25, 0.3) is 21.8 Å². The molecule has 356 valence electrons. The van der Waals surface area contributed by atoms with Gasteiger partial charge in [0.15, 0.2) is 0 Å². The molecule has 12 heteroatoms. The van der Waals surface area contributed by atoms with Crippen LogP contribution in [0.1, 0.15) is 49.9 Å². The standard InChI is InChI=1S/C22H18N2O.C15H11NO2.C8H8O2.C7H7NO2.C7H9N/c25-22-19-13-7-8-14-20(19)23-21(15-17-9-3-1-4-10-17)24(22)16-18-11-5-2-6-12-18;17-15-12-8-4-5-9-13(12)16-14(18-15)10-11-6-2-1-3-7-11;9-8(10)6-7-4-2-1-3-5-7;8-6-4-2-1-3-5(6)7(9)10;8-6-7-4-2-1-3-5-7/h1-14H,15-16H2;1-9H,10H2;1-5H,6H2,(H,9,10);1-4H,8H2,(H,9,10);1-5H,6,8H2. The predicted molar refractivity (Wildman–Crippen MR) is 280 cm³/mol. The van der Waals surface area contributed by atoms with Crippen LogP contribution in [0.15, 0.2) is 238 Å². The number of para-hydroxylation sites is 3. The first-order valence-corrected chi connectivity index (χ1v) is 22.6. The molecular formula is C59H53N5O7. The third-order valence-corrected chi connectivity index (χ3v) is 10.6. The van der Waals surface area contributed by atoms with Crippen LogP contribution in [0.4, 0.5) is 5.69 Å². The Labute approximate surface area is 410 Å². The number of carboxylic acid groups (broad SMARTS) is 2. The van der Waals surface area contributed by atoms with Gasteiger partial charge in [0.2, 0.25) is 5.89 Å². The molecule has 0 radical (unpaired) electrons. The lowest BCUT2D eigenvalue weighted by molar-refractivity contribution is -0.136. The van der Waals surface area contributed by atoms with E-state index in [1.165, 1.54) is 11.6 Å². The van der Waals surface area contributed by atoms with Crippen molar-refractivity contribution in [3.05, 3.63) is 290 Å². The summed E-state index contributed by atoms with van der Waals surface area (Å²) in [6, 6.07) is 70.2. The molecule has 2 heterocycles. The summed E-state index contributed by atoms with van der Waals surface area (Å²) in [5.41, 5.74) is 17.6. The Bertz CT molecular complexity index is 3350. The number of hydrogen-bond acceptors (Lipinski definition) is 9. The van der Waals surface area contributed by atoms with Crippen molar-refractivity contribution in [3.63, 3.8) is 0 Å². The van der Waals surface area contributed by atoms with Crippen LogP contribution < -0.4 is 22.7 Å². The zero-order valence-electron chi connectivity index (χ0n) is 38.8. The van der Waals surface area contributed by atoms with Crippen molar-refractivity contribution in [1.82, 2.24) is 14.5 Å². The molecule has 12 nitrogen and oxygen atoms in total. The summed E-state index contributed by atoms with van der Waals surface area (Å²) in [6.07, 6.45) is 1.27. The Hall–Kier alpha value is -9.26. The van der Waals surface area contributed by atoms with Crippen molar-refractivity contribution in [2.45, 2.75) is 32.4 Å². The minimum Gasteiger partial charge on any atom is -0.481 e. The second kappa shape index (κ2) is 26.9. The van der Waals surface area contributed by atoms with Gasteiger partial charge in [0.25, 0.3) is 5.56 Å². The lowest BCUT2D eigenvalue weighted by Crippen LogP contribution is -2.26. The van der Waals surface area contributed by atoms with Gasteiger partial charge in [-0.1, -0.05) is 188 Å². The van der Waals surface area contributed by atoms with Gasteiger partial charge in [0.1, 0.15) is 5.82 Å². The maximum Gasteiger partial charge on any atom is 0.346 e. The summed E-state index contributed by atoms with van der Waals surface area (Å²) in [4.78, 5) is 54.5. The van der Waals surface area contributed by atoms with Crippen molar-refractivity contribution < 1.29 is 24.2 Å². The number of aromatic carboxylic acids is 1. The number of anilines is 1. The number of nitrogens with zero attached hydrogens (tertiary/aromatic N) is 3. The number of carboxylic acids is 2. The first kappa shape index (κ1) is 51.1. The van der Waals surface area contributed by atoms with Crippen LogP contribution in [0, 0.1) is 0 Å². The zero-order valence-corrected chi connectivity index (χ0v) is 38.8. The molecule has 0 amide bonds. The Kier molecular flexibility index (Phi) is 19.4. The maximum absolute atomic E-state index is 13.1. The van der Waals surface area contributed by atoms with Crippen LogP contribution in [-0.2, 0) is 37.1 Å². The van der Waals surface area contributed by atoms with Crippen LogP contribution in [0.5, 0.6) is 0 Å². The lowest BCUT2D eigenvalue weighted by Gasteiger charge is -2.14. The average molecular weight is 944 g/mol. The molecule has 8 aromatic carbocycles. The highest BCUT2D eigenvalue weighted by Gasteiger charge is 2.12. The molecule has 0 saturated carbocycles. The van der Waals surface area contributed by atoms with E-state index < -0.39 is 11.9 Å². The van der Waals surface area contributed by atoms with E-state index in [0.717, 1.165) is 33.6 Å². The van der Waals surface area contributed by atoms with Crippen LogP contribution in [0.2, 0.25) is 0 Å². The van der Waals surface area contributed by atoms with Crippen molar-refractivity contribution in [1.29, 1.82) is 0 Å². The SMILES string of the molecule is NCc1ccccc1.Nc1ccccc1C(=O)O.O=C(O)Cc1ccccc1.O=c1c2ccccc2nc(Cc2ccccc2)n1Cc1ccccc1.O=c1oc(Cc2ccccc2)nc2ccccc12. The maximum atomic E-state index is 13.1. The predicted octanol–water partition coefficient (Wildman–Crippen LogP) is 10.2. The second-order valence-electron chi connectivity index (χ2n) is 15.8. The Morgan fingerprint density at radius 1 is 0.493 bits per heavy atom. The summed E-state index contributed by atoms with van der Waals surface area (Å²) in [5.74, 6) is -0.534. The Balaban J connectivity index is 0.000000156. The van der Waals surface area contributed by atoms with Crippen LogP contribution >= 0.6 is 0 Å². The molecule has 0 aliphatic carbocycles. The zero-order chi connectivity index (χ0) is 50.2. The molecule has 10 rings (SSSR count). The largest absolute Gasteiger partial charge is 0.481 e. The number of aromatic nitrogens is 3. The average Bonchev–Trinajstić information content (AvgIpc) is 3.40. The molecule has 0 saturated heterocycles. The molecule has 0 unspecified atom stereocenters. The van der Waals surface area contributed by atoms with Crippen molar-refractivity contribution in [2.24, 2.45) is 5.73 Å². The first-order chi connectivity index (χ1) is 34.6. The van der Waals surface area contributed by atoms with E-state index in [4.69, 9.17) is 31.1 Å². The molecule has 6 N–H and O–H groups in total. The van der Waals surface area contributed by atoms with Gasteiger partial charge in [-0.2, -0.15) is 0 Å². The molecule has 2 aromatic heterocycles. The molecule has 0 aliphatic heterocycles. The van der Waals surface area contributed by atoms with E-state index in [1.54, 1.807) is 47.0 Å². The summed E-state index contributed by atoms with van der Waals surface area (Å²) in [5, 5.41) is 18.0. The Morgan fingerprint density at radius 3 is 1.42 bits per heavy atom. The van der Waals surface area contributed by atoms with Gasteiger partial charge >= 0.3 is 17.6 Å². The topological polar surface area (TPSA) is 205 Å². The summed E-state index contributed by atoms with van der Waals surface area (Å²) < 4.78 is 7.02. The number of nitrogen functional groups attached to an aromatic ring is 1. The van der Waals surface area contributed by atoms with Gasteiger partial charge in [0.05, 0.1) is 40.3 Å². The number of carbonyl (C=O) groups is 2. The van der Waals surface area contributed by atoms with E-state index in [0.29, 0.717) is 53.8 Å². The highest BCUT2D eigenvalue weighted by molar-refractivity contribution is 5.93. The molecule has 0 aliphatic rings. The van der Waals surface area contributed by atoms with Crippen molar-refractivity contribution in [2.75, 3.05) is 5.73 Å².